The van der Waals surface area contributed by atoms with Crippen LogP contribution in [0.25, 0.3) is 5.57 Å². The fourth-order valence-corrected chi connectivity index (χ4v) is 2.41. The molecule has 20 heavy (non-hydrogen) atoms. The quantitative estimate of drug-likeness (QED) is 0.862. The third-order valence-electron chi connectivity index (χ3n) is 3.46. The Bertz CT molecular complexity index is 568. The van der Waals surface area contributed by atoms with Gasteiger partial charge in [0.1, 0.15) is 11.9 Å². The molecular formula is C15H16FNO3. The molecule has 1 heterocycles. The van der Waals surface area contributed by atoms with Crippen molar-refractivity contribution in [3.8, 4) is 0 Å². The van der Waals surface area contributed by atoms with E-state index in [4.69, 9.17) is 5.11 Å². The van der Waals surface area contributed by atoms with Crippen molar-refractivity contribution in [1.29, 1.82) is 0 Å². The van der Waals surface area contributed by atoms with Gasteiger partial charge in [0.25, 0.3) is 0 Å². The van der Waals surface area contributed by atoms with E-state index in [9.17, 15) is 14.0 Å². The number of hydrogen-bond acceptors (Lipinski definition) is 2. The van der Waals surface area contributed by atoms with Gasteiger partial charge in [-0.3, -0.25) is 4.79 Å². The normalized spacial score (nSPS) is 19.2. The number of aliphatic carboxylic acids is 1. The van der Waals surface area contributed by atoms with Gasteiger partial charge in [-0.2, -0.15) is 0 Å². The minimum absolute atomic E-state index is 0.354. The Labute approximate surface area is 116 Å². The number of carbonyl (C=O) groups is 2. The number of hydrogen-bond donors (Lipinski definition) is 1. The summed E-state index contributed by atoms with van der Waals surface area (Å²) in [4.78, 5) is 24.5. The van der Waals surface area contributed by atoms with Crippen LogP contribution in [0.4, 0.5) is 4.39 Å². The van der Waals surface area contributed by atoms with Gasteiger partial charge in [-0.15, -0.1) is 0 Å². The van der Waals surface area contributed by atoms with Gasteiger partial charge in [-0.05, 0) is 31.4 Å². The standard InChI is InChI=1S/C15H16FNO3/c1-10(11-5-2-3-6-12(11)16)9-14(18)17-8-4-7-13(17)15(19)20/h2-3,5-6,9,13H,4,7-8H2,1H3,(H,19,20)/t13-/m1/s1. The average molecular weight is 277 g/mol. The van der Waals surface area contributed by atoms with Gasteiger partial charge in [0.05, 0.1) is 0 Å². The molecule has 0 unspecified atom stereocenters. The molecule has 1 aromatic rings. The van der Waals surface area contributed by atoms with Crippen LogP contribution in [0, 0.1) is 5.82 Å². The van der Waals surface area contributed by atoms with Crippen LogP contribution in [0.2, 0.25) is 0 Å². The molecule has 0 spiro atoms. The van der Waals surface area contributed by atoms with E-state index in [1.165, 1.54) is 17.0 Å². The minimum Gasteiger partial charge on any atom is -0.480 e. The van der Waals surface area contributed by atoms with E-state index in [-0.39, 0.29) is 5.91 Å². The van der Waals surface area contributed by atoms with Crippen LogP contribution in [-0.4, -0.2) is 34.5 Å². The smallest absolute Gasteiger partial charge is 0.326 e. The Morgan fingerprint density at radius 2 is 2.10 bits per heavy atom. The SMILES string of the molecule is CC(=CC(=O)N1CCC[C@@H]1C(=O)O)c1ccccc1F. The van der Waals surface area contributed by atoms with Crippen molar-refractivity contribution < 1.29 is 19.1 Å². The average Bonchev–Trinajstić information content (AvgIpc) is 2.88. The molecule has 1 fully saturated rings. The molecule has 0 aromatic heterocycles. The summed E-state index contributed by atoms with van der Waals surface area (Å²) in [5, 5.41) is 9.05. The molecule has 1 N–H and O–H groups in total. The summed E-state index contributed by atoms with van der Waals surface area (Å²) in [6.45, 7) is 2.07. The van der Waals surface area contributed by atoms with Crippen LogP contribution in [0.5, 0.6) is 0 Å². The molecule has 1 aliphatic rings. The van der Waals surface area contributed by atoms with Crippen molar-refractivity contribution in [3.05, 3.63) is 41.7 Å². The summed E-state index contributed by atoms with van der Waals surface area (Å²) in [7, 11) is 0. The van der Waals surface area contributed by atoms with Crippen molar-refractivity contribution in [2.45, 2.75) is 25.8 Å². The Hall–Kier alpha value is -2.17. The van der Waals surface area contributed by atoms with E-state index < -0.39 is 17.8 Å². The van der Waals surface area contributed by atoms with Gasteiger partial charge in [0.15, 0.2) is 0 Å². The van der Waals surface area contributed by atoms with Crippen LogP contribution in [0.1, 0.15) is 25.3 Å². The fourth-order valence-electron chi connectivity index (χ4n) is 2.41. The largest absolute Gasteiger partial charge is 0.480 e. The van der Waals surface area contributed by atoms with Gasteiger partial charge in [-0.25, -0.2) is 9.18 Å². The van der Waals surface area contributed by atoms with E-state index in [0.717, 1.165) is 0 Å². The molecule has 1 aromatic carbocycles. The number of benzene rings is 1. The summed E-state index contributed by atoms with van der Waals surface area (Å²) in [5.41, 5.74) is 0.844. The van der Waals surface area contributed by atoms with E-state index in [0.29, 0.717) is 30.5 Å². The van der Waals surface area contributed by atoms with Crippen LogP contribution in [0.15, 0.2) is 30.3 Å². The zero-order valence-electron chi connectivity index (χ0n) is 11.2. The molecule has 106 valence electrons. The van der Waals surface area contributed by atoms with Gasteiger partial charge >= 0.3 is 5.97 Å². The molecule has 1 atom stereocenters. The number of nitrogens with zero attached hydrogens (tertiary/aromatic N) is 1. The zero-order chi connectivity index (χ0) is 14.7. The fraction of sp³-hybridized carbons (Fsp3) is 0.333. The monoisotopic (exact) mass is 277 g/mol. The summed E-state index contributed by atoms with van der Waals surface area (Å²) < 4.78 is 13.6. The lowest BCUT2D eigenvalue weighted by Crippen LogP contribution is -2.39. The lowest BCUT2D eigenvalue weighted by atomic mass is 10.1. The Kier molecular flexibility index (Phi) is 4.17. The first kappa shape index (κ1) is 14.2. The highest BCUT2D eigenvalue weighted by Crippen LogP contribution is 2.21. The summed E-state index contributed by atoms with van der Waals surface area (Å²) in [5.74, 6) is -1.77. The second-order valence-electron chi connectivity index (χ2n) is 4.84. The third-order valence-corrected chi connectivity index (χ3v) is 3.46. The Balaban J connectivity index is 2.20. The molecule has 1 amide bonds. The predicted octanol–water partition coefficient (Wildman–Crippen LogP) is 2.30. The highest BCUT2D eigenvalue weighted by atomic mass is 19.1. The maximum Gasteiger partial charge on any atom is 0.326 e. The lowest BCUT2D eigenvalue weighted by molar-refractivity contribution is -0.146. The molecule has 4 nitrogen and oxygen atoms in total. The summed E-state index contributed by atoms with van der Waals surface area (Å²) in [6.07, 6.45) is 2.45. The van der Waals surface area contributed by atoms with Gasteiger partial charge < -0.3 is 10.0 Å². The van der Waals surface area contributed by atoms with Crippen LogP contribution in [-0.2, 0) is 9.59 Å². The van der Waals surface area contributed by atoms with Crippen LogP contribution < -0.4 is 0 Å². The number of allylic oxidation sites excluding steroid dienone is 1. The number of rotatable bonds is 3. The Morgan fingerprint density at radius 3 is 2.75 bits per heavy atom. The number of carboxylic acids is 1. The Morgan fingerprint density at radius 1 is 1.40 bits per heavy atom. The topological polar surface area (TPSA) is 57.6 Å². The van der Waals surface area contributed by atoms with E-state index in [1.54, 1.807) is 25.1 Å². The molecule has 0 saturated carbocycles. The van der Waals surface area contributed by atoms with Crippen molar-refractivity contribution >= 4 is 17.4 Å². The van der Waals surface area contributed by atoms with Crippen molar-refractivity contribution in [1.82, 2.24) is 4.90 Å². The number of carbonyl (C=O) groups excluding carboxylic acids is 1. The number of carboxylic acid groups (broad SMARTS) is 1. The summed E-state index contributed by atoms with van der Waals surface area (Å²) in [6, 6.07) is 5.41. The van der Waals surface area contributed by atoms with Crippen molar-refractivity contribution in [3.63, 3.8) is 0 Å². The van der Waals surface area contributed by atoms with Gasteiger partial charge in [0.2, 0.25) is 5.91 Å². The second-order valence-corrected chi connectivity index (χ2v) is 4.84. The van der Waals surface area contributed by atoms with E-state index in [2.05, 4.69) is 0 Å². The number of halogens is 1. The highest BCUT2D eigenvalue weighted by molar-refractivity contribution is 5.97. The minimum atomic E-state index is -0.993. The molecule has 5 heteroatoms. The van der Waals surface area contributed by atoms with E-state index >= 15 is 0 Å². The second kappa shape index (κ2) is 5.86. The lowest BCUT2D eigenvalue weighted by Gasteiger charge is -2.20. The molecule has 1 saturated heterocycles. The maximum atomic E-state index is 13.6. The molecular weight excluding hydrogens is 261 g/mol. The molecule has 0 radical (unpaired) electrons. The first-order chi connectivity index (χ1) is 9.50. The van der Waals surface area contributed by atoms with E-state index in [1.807, 2.05) is 0 Å². The maximum absolute atomic E-state index is 13.6. The van der Waals surface area contributed by atoms with Crippen molar-refractivity contribution in [2.24, 2.45) is 0 Å². The number of likely N-dealkylation sites (tertiary alicyclic amines) is 1. The van der Waals surface area contributed by atoms with Gasteiger partial charge in [-0.1, -0.05) is 18.2 Å². The third kappa shape index (κ3) is 2.87. The molecule has 0 aliphatic carbocycles. The summed E-state index contributed by atoms with van der Waals surface area (Å²) >= 11 is 0. The van der Waals surface area contributed by atoms with Crippen LogP contribution >= 0.6 is 0 Å². The first-order valence-corrected chi connectivity index (χ1v) is 6.47. The molecule has 2 rings (SSSR count). The van der Waals surface area contributed by atoms with Crippen LogP contribution in [0.3, 0.4) is 0 Å². The van der Waals surface area contributed by atoms with Gasteiger partial charge in [0, 0.05) is 18.2 Å². The first-order valence-electron chi connectivity index (χ1n) is 6.47. The highest BCUT2D eigenvalue weighted by Gasteiger charge is 2.33. The molecule has 0 bridgehead atoms. The number of amides is 1. The molecule has 1 aliphatic heterocycles. The van der Waals surface area contributed by atoms with Crippen molar-refractivity contribution in [2.75, 3.05) is 6.54 Å². The predicted molar refractivity (Wildman–Crippen MR) is 72.4 cm³/mol. The zero-order valence-corrected chi connectivity index (χ0v) is 11.2.